The van der Waals surface area contributed by atoms with Crippen LogP contribution in [0, 0.1) is 12.7 Å². The van der Waals surface area contributed by atoms with Crippen molar-refractivity contribution in [3.05, 3.63) is 88.9 Å². The van der Waals surface area contributed by atoms with Crippen LogP contribution in [0.4, 0.5) is 15.9 Å². The Morgan fingerprint density at radius 2 is 1.78 bits per heavy atom. The normalized spacial score (nSPS) is 13.0. The molecule has 0 unspecified atom stereocenters. The number of nitrogens with zero attached hydrogens (tertiary/aromatic N) is 3. The first-order valence-electron chi connectivity index (χ1n) is 10.1. The molecule has 7 nitrogen and oxygen atoms in total. The number of amidine groups is 1. The van der Waals surface area contributed by atoms with Crippen molar-refractivity contribution in [3.8, 4) is 0 Å². The molecular weight excluding hydrogens is 409 g/mol. The average Bonchev–Trinajstić information content (AvgIpc) is 3.22. The van der Waals surface area contributed by atoms with E-state index in [1.807, 2.05) is 26.1 Å². The van der Waals surface area contributed by atoms with E-state index in [-0.39, 0.29) is 11.3 Å². The highest BCUT2D eigenvalue weighted by Crippen LogP contribution is 2.20. The molecule has 0 fully saturated rings. The third-order valence-corrected chi connectivity index (χ3v) is 5.09. The lowest BCUT2D eigenvalue weighted by atomic mass is 10.1. The molecule has 0 aliphatic carbocycles. The molecule has 0 spiro atoms. The number of nitrogens with one attached hydrogen (secondary N) is 2. The standard InChI is InChI=1S/C24H22FN5O2/c1-15-3-10-21(27-14-15)29-24(32)19-13-18(25)8-9-20(19)28-23(31)17-6-4-16(5-7-17)22-26-11-12-30(22)2/h3-10,13-14H,11-12H2,1-2H3,(H,28,31)(H,27,29,32). The van der Waals surface area contributed by atoms with Gasteiger partial charge in [-0.05, 0) is 48.9 Å². The minimum Gasteiger partial charge on any atom is -0.358 e. The van der Waals surface area contributed by atoms with E-state index in [9.17, 15) is 14.0 Å². The number of carbonyl (C=O) groups is 2. The maximum Gasteiger partial charge on any atom is 0.259 e. The molecule has 3 aromatic rings. The van der Waals surface area contributed by atoms with Crippen molar-refractivity contribution in [2.75, 3.05) is 30.8 Å². The Morgan fingerprint density at radius 1 is 1.00 bits per heavy atom. The van der Waals surface area contributed by atoms with Crippen molar-refractivity contribution in [1.82, 2.24) is 9.88 Å². The number of hydrogen-bond donors (Lipinski definition) is 2. The fourth-order valence-electron chi connectivity index (χ4n) is 3.35. The second-order valence-electron chi connectivity index (χ2n) is 7.52. The van der Waals surface area contributed by atoms with Crippen LogP contribution in [0.5, 0.6) is 0 Å². The van der Waals surface area contributed by atoms with Crippen LogP contribution in [0.25, 0.3) is 0 Å². The molecule has 1 aliphatic rings. The van der Waals surface area contributed by atoms with Crippen LogP contribution in [0.2, 0.25) is 0 Å². The van der Waals surface area contributed by atoms with Crippen LogP contribution in [0.3, 0.4) is 0 Å². The summed E-state index contributed by atoms with van der Waals surface area (Å²) >= 11 is 0. The zero-order valence-corrected chi connectivity index (χ0v) is 17.7. The van der Waals surface area contributed by atoms with E-state index in [2.05, 4.69) is 25.5 Å². The number of aliphatic imine (C=N–C) groups is 1. The zero-order chi connectivity index (χ0) is 22.7. The summed E-state index contributed by atoms with van der Waals surface area (Å²) in [7, 11) is 1.97. The van der Waals surface area contributed by atoms with Crippen LogP contribution in [-0.4, -0.2) is 47.7 Å². The first-order chi connectivity index (χ1) is 15.4. The Labute approximate surface area is 185 Å². The molecule has 32 heavy (non-hydrogen) atoms. The van der Waals surface area contributed by atoms with Crippen molar-refractivity contribution in [2.24, 2.45) is 4.99 Å². The molecule has 0 radical (unpaired) electrons. The third kappa shape index (κ3) is 4.64. The fraction of sp³-hybridized carbons (Fsp3) is 0.167. The second kappa shape index (κ2) is 8.97. The van der Waals surface area contributed by atoms with E-state index in [1.54, 1.807) is 30.5 Å². The zero-order valence-electron chi connectivity index (χ0n) is 17.7. The third-order valence-electron chi connectivity index (χ3n) is 5.09. The Bertz CT molecular complexity index is 1190. The van der Waals surface area contributed by atoms with Crippen LogP contribution in [0.15, 0.2) is 65.8 Å². The van der Waals surface area contributed by atoms with Gasteiger partial charge in [-0.2, -0.15) is 0 Å². The number of benzene rings is 2. The summed E-state index contributed by atoms with van der Waals surface area (Å²) in [5, 5.41) is 5.32. The summed E-state index contributed by atoms with van der Waals surface area (Å²) < 4.78 is 13.9. The number of carbonyl (C=O) groups excluding carboxylic acids is 2. The van der Waals surface area contributed by atoms with Crippen molar-refractivity contribution in [1.29, 1.82) is 0 Å². The van der Waals surface area contributed by atoms with E-state index in [0.717, 1.165) is 36.1 Å². The molecule has 2 aromatic carbocycles. The second-order valence-corrected chi connectivity index (χ2v) is 7.52. The lowest BCUT2D eigenvalue weighted by Gasteiger charge is -2.14. The van der Waals surface area contributed by atoms with Gasteiger partial charge in [-0.15, -0.1) is 0 Å². The predicted octanol–water partition coefficient (Wildman–Crippen LogP) is 3.73. The number of likely N-dealkylation sites (N-methyl/N-ethyl adjacent to an activating group) is 1. The minimum absolute atomic E-state index is 0.000666. The van der Waals surface area contributed by atoms with E-state index in [4.69, 9.17) is 0 Å². The van der Waals surface area contributed by atoms with Gasteiger partial charge in [-0.3, -0.25) is 14.6 Å². The highest BCUT2D eigenvalue weighted by atomic mass is 19.1. The van der Waals surface area contributed by atoms with Gasteiger partial charge in [0.15, 0.2) is 0 Å². The number of hydrogen-bond acceptors (Lipinski definition) is 5. The number of rotatable bonds is 5. The number of aromatic nitrogens is 1. The number of pyridine rings is 1. The quantitative estimate of drug-likeness (QED) is 0.645. The summed E-state index contributed by atoms with van der Waals surface area (Å²) in [6.45, 7) is 3.50. The van der Waals surface area contributed by atoms with Crippen LogP contribution in [-0.2, 0) is 0 Å². The van der Waals surface area contributed by atoms with E-state index >= 15 is 0 Å². The van der Waals surface area contributed by atoms with Gasteiger partial charge in [0, 0.05) is 30.9 Å². The van der Waals surface area contributed by atoms with Crippen LogP contribution >= 0.6 is 0 Å². The highest BCUT2D eigenvalue weighted by molar-refractivity contribution is 6.12. The monoisotopic (exact) mass is 431 g/mol. The SMILES string of the molecule is Cc1ccc(NC(=O)c2cc(F)ccc2NC(=O)c2ccc(C3=NCCN3C)cc2)nc1. The van der Waals surface area contributed by atoms with Gasteiger partial charge in [0.05, 0.1) is 17.8 Å². The van der Waals surface area contributed by atoms with E-state index in [1.165, 1.54) is 12.1 Å². The van der Waals surface area contributed by atoms with Gasteiger partial charge in [-0.1, -0.05) is 18.2 Å². The number of aryl methyl sites for hydroxylation is 1. The van der Waals surface area contributed by atoms with Crippen molar-refractivity contribution >= 4 is 29.2 Å². The largest absolute Gasteiger partial charge is 0.358 e. The van der Waals surface area contributed by atoms with Crippen molar-refractivity contribution < 1.29 is 14.0 Å². The van der Waals surface area contributed by atoms with E-state index < -0.39 is 17.6 Å². The molecule has 2 N–H and O–H groups in total. The topological polar surface area (TPSA) is 86.7 Å². The molecular formula is C24H22FN5O2. The molecule has 0 atom stereocenters. The average molecular weight is 431 g/mol. The molecule has 162 valence electrons. The fourth-order valence-corrected chi connectivity index (χ4v) is 3.35. The number of amides is 2. The maximum atomic E-state index is 13.9. The van der Waals surface area contributed by atoms with Crippen molar-refractivity contribution in [3.63, 3.8) is 0 Å². The lowest BCUT2D eigenvalue weighted by molar-refractivity contribution is 0.102. The van der Waals surface area contributed by atoms with Gasteiger partial charge in [0.25, 0.3) is 11.8 Å². The molecule has 1 aliphatic heterocycles. The number of anilines is 2. The van der Waals surface area contributed by atoms with Crippen LogP contribution < -0.4 is 10.6 Å². The van der Waals surface area contributed by atoms with Gasteiger partial charge >= 0.3 is 0 Å². The summed E-state index contributed by atoms with van der Waals surface area (Å²) in [6.07, 6.45) is 1.61. The van der Waals surface area contributed by atoms with Crippen LogP contribution in [0.1, 0.15) is 31.8 Å². The lowest BCUT2D eigenvalue weighted by Crippen LogP contribution is -2.23. The molecule has 4 rings (SSSR count). The predicted molar refractivity (Wildman–Crippen MR) is 122 cm³/mol. The van der Waals surface area contributed by atoms with Gasteiger partial charge in [0.2, 0.25) is 0 Å². The van der Waals surface area contributed by atoms with Crippen molar-refractivity contribution in [2.45, 2.75) is 6.92 Å². The molecule has 8 heteroatoms. The summed E-state index contributed by atoms with van der Waals surface area (Å²) in [5.74, 6) is -0.353. The smallest absolute Gasteiger partial charge is 0.259 e. The molecule has 0 saturated heterocycles. The van der Waals surface area contributed by atoms with Gasteiger partial charge < -0.3 is 15.5 Å². The molecule has 1 aromatic heterocycles. The maximum absolute atomic E-state index is 13.9. The Kier molecular flexibility index (Phi) is 5.93. The van der Waals surface area contributed by atoms with Gasteiger partial charge in [-0.25, -0.2) is 9.37 Å². The summed E-state index contributed by atoms with van der Waals surface area (Å²) in [6, 6.07) is 14.1. The molecule has 0 saturated carbocycles. The Balaban J connectivity index is 1.52. The highest BCUT2D eigenvalue weighted by Gasteiger charge is 2.18. The molecule has 0 bridgehead atoms. The first kappa shape index (κ1) is 21.2. The Hall–Kier alpha value is -4.07. The molecule has 2 amide bonds. The molecule has 2 heterocycles. The van der Waals surface area contributed by atoms with E-state index in [0.29, 0.717) is 11.4 Å². The first-order valence-corrected chi connectivity index (χ1v) is 10.1. The van der Waals surface area contributed by atoms with Gasteiger partial charge in [0.1, 0.15) is 17.5 Å². The Morgan fingerprint density at radius 3 is 2.44 bits per heavy atom. The minimum atomic E-state index is -0.587. The summed E-state index contributed by atoms with van der Waals surface area (Å²) in [4.78, 5) is 36.1. The number of halogens is 1. The summed E-state index contributed by atoms with van der Waals surface area (Å²) in [5.41, 5.74) is 2.48.